The number of hydrogen-bond acceptors (Lipinski definition) is 5. The zero-order valence-corrected chi connectivity index (χ0v) is 13.6. The van der Waals surface area contributed by atoms with Gasteiger partial charge in [0, 0.05) is 13.2 Å². The lowest BCUT2D eigenvalue weighted by molar-refractivity contribution is 0.0877. The molecule has 5 nitrogen and oxygen atoms in total. The van der Waals surface area contributed by atoms with Crippen LogP contribution in [0.15, 0.2) is 12.1 Å². The maximum absolute atomic E-state index is 6.02. The molecule has 1 aromatic rings. The first kappa shape index (κ1) is 17.6. The summed E-state index contributed by atoms with van der Waals surface area (Å²) in [4.78, 5) is 0. The first-order valence-electron chi connectivity index (χ1n) is 7.21. The third kappa shape index (κ3) is 5.10. The highest BCUT2D eigenvalue weighted by molar-refractivity contribution is 5.54. The summed E-state index contributed by atoms with van der Waals surface area (Å²) in [5.41, 5.74) is 7.09. The summed E-state index contributed by atoms with van der Waals surface area (Å²) >= 11 is 0. The van der Waals surface area contributed by atoms with Gasteiger partial charge in [-0.25, -0.2) is 0 Å². The van der Waals surface area contributed by atoms with Gasteiger partial charge < -0.3 is 24.7 Å². The van der Waals surface area contributed by atoms with Crippen LogP contribution in [0.3, 0.4) is 0 Å². The molecule has 2 unspecified atom stereocenters. The van der Waals surface area contributed by atoms with Crippen molar-refractivity contribution in [3.8, 4) is 17.2 Å². The molecule has 0 spiro atoms. The van der Waals surface area contributed by atoms with Crippen molar-refractivity contribution >= 4 is 0 Å². The largest absolute Gasteiger partial charge is 0.493 e. The number of rotatable bonds is 9. The van der Waals surface area contributed by atoms with Crippen LogP contribution < -0.4 is 19.9 Å². The Balaban J connectivity index is 3.06. The van der Waals surface area contributed by atoms with Gasteiger partial charge in [0.05, 0.1) is 20.8 Å². The fourth-order valence-corrected chi connectivity index (χ4v) is 2.09. The van der Waals surface area contributed by atoms with Gasteiger partial charge in [-0.1, -0.05) is 6.92 Å². The van der Waals surface area contributed by atoms with Gasteiger partial charge in [0.2, 0.25) is 5.75 Å². The molecule has 120 valence electrons. The van der Waals surface area contributed by atoms with E-state index < -0.39 is 0 Å². The van der Waals surface area contributed by atoms with Crippen LogP contribution >= 0.6 is 0 Å². The Morgan fingerprint density at radius 2 is 1.67 bits per heavy atom. The Hall–Kier alpha value is -1.46. The first-order chi connectivity index (χ1) is 10.0. The average molecular weight is 297 g/mol. The SMILES string of the molecule is CCC(N)Cc1cc(OC)c(OC(C)COC)c(OC)c1. The van der Waals surface area contributed by atoms with Crippen molar-refractivity contribution in [1.29, 1.82) is 0 Å². The van der Waals surface area contributed by atoms with E-state index in [-0.39, 0.29) is 12.1 Å². The van der Waals surface area contributed by atoms with Gasteiger partial charge in [0.25, 0.3) is 0 Å². The van der Waals surface area contributed by atoms with Crippen LogP contribution in [0.5, 0.6) is 17.2 Å². The van der Waals surface area contributed by atoms with E-state index in [0.717, 1.165) is 18.4 Å². The minimum Gasteiger partial charge on any atom is -0.493 e. The van der Waals surface area contributed by atoms with Gasteiger partial charge in [-0.15, -0.1) is 0 Å². The van der Waals surface area contributed by atoms with Crippen LogP contribution in [-0.2, 0) is 11.2 Å². The van der Waals surface area contributed by atoms with Crippen molar-refractivity contribution in [3.05, 3.63) is 17.7 Å². The predicted octanol–water partition coefficient (Wildman–Crippen LogP) is 2.40. The maximum Gasteiger partial charge on any atom is 0.203 e. The molecule has 0 amide bonds. The molecule has 0 aromatic heterocycles. The summed E-state index contributed by atoms with van der Waals surface area (Å²) in [6.45, 7) is 4.50. The summed E-state index contributed by atoms with van der Waals surface area (Å²) in [6.07, 6.45) is 1.60. The summed E-state index contributed by atoms with van der Waals surface area (Å²) < 4.78 is 21.8. The molecule has 0 fully saturated rings. The molecule has 0 aliphatic carbocycles. The minimum atomic E-state index is -0.0958. The smallest absolute Gasteiger partial charge is 0.203 e. The second kappa shape index (κ2) is 8.74. The van der Waals surface area contributed by atoms with E-state index in [1.165, 1.54) is 0 Å². The van der Waals surface area contributed by atoms with Crippen molar-refractivity contribution in [2.45, 2.75) is 38.8 Å². The Morgan fingerprint density at radius 1 is 1.10 bits per heavy atom. The van der Waals surface area contributed by atoms with E-state index in [9.17, 15) is 0 Å². The highest BCUT2D eigenvalue weighted by Gasteiger charge is 2.17. The number of ether oxygens (including phenoxy) is 4. The highest BCUT2D eigenvalue weighted by atomic mass is 16.6. The van der Waals surface area contributed by atoms with Crippen molar-refractivity contribution in [3.63, 3.8) is 0 Å². The van der Waals surface area contributed by atoms with E-state index in [1.807, 2.05) is 19.1 Å². The molecule has 0 aliphatic heterocycles. The van der Waals surface area contributed by atoms with Crippen molar-refractivity contribution < 1.29 is 18.9 Å². The molecule has 1 aromatic carbocycles. The van der Waals surface area contributed by atoms with Gasteiger partial charge in [0.1, 0.15) is 6.10 Å². The quantitative estimate of drug-likeness (QED) is 0.758. The van der Waals surface area contributed by atoms with Crippen LogP contribution in [-0.4, -0.2) is 40.1 Å². The van der Waals surface area contributed by atoms with Gasteiger partial charge in [-0.05, 0) is 37.5 Å². The second-order valence-electron chi connectivity index (χ2n) is 5.09. The molecule has 0 radical (unpaired) electrons. The van der Waals surface area contributed by atoms with Crippen LogP contribution in [0.4, 0.5) is 0 Å². The molecule has 0 aliphatic rings. The van der Waals surface area contributed by atoms with Crippen LogP contribution in [0.1, 0.15) is 25.8 Å². The Bertz CT molecular complexity index is 411. The summed E-state index contributed by atoms with van der Waals surface area (Å²) in [6, 6.07) is 4.03. The van der Waals surface area contributed by atoms with E-state index in [1.54, 1.807) is 21.3 Å². The third-order valence-electron chi connectivity index (χ3n) is 3.26. The molecule has 2 atom stereocenters. The molecular formula is C16H27NO4. The maximum atomic E-state index is 6.02. The molecule has 0 heterocycles. The van der Waals surface area contributed by atoms with E-state index in [0.29, 0.717) is 23.9 Å². The lowest BCUT2D eigenvalue weighted by Crippen LogP contribution is -2.22. The molecule has 2 N–H and O–H groups in total. The summed E-state index contributed by atoms with van der Waals surface area (Å²) in [7, 11) is 4.88. The van der Waals surface area contributed by atoms with Gasteiger partial charge in [-0.2, -0.15) is 0 Å². The van der Waals surface area contributed by atoms with E-state index in [4.69, 9.17) is 24.7 Å². The zero-order valence-electron chi connectivity index (χ0n) is 13.6. The van der Waals surface area contributed by atoms with Gasteiger partial charge in [-0.3, -0.25) is 0 Å². The van der Waals surface area contributed by atoms with Gasteiger partial charge >= 0.3 is 0 Å². The van der Waals surface area contributed by atoms with E-state index in [2.05, 4.69) is 6.92 Å². The topological polar surface area (TPSA) is 62.9 Å². The molecule has 0 saturated heterocycles. The van der Waals surface area contributed by atoms with Crippen LogP contribution in [0, 0.1) is 0 Å². The monoisotopic (exact) mass is 297 g/mol. The van der Waals surface area contributed by atoms with Crippen molar-refractivity contribution in [2.75, 3.05) is 27.9 Å². The normalized spacial score (nSPS) is 13.6. The number of nitrogens with two attached hydrogens (primary N) is 1. The lowest BCUT2D eigenvalue weighted by Gasteiger charge is -2.20. The molecule has 5 heteroatoms. The molecule has 21 heavy (non-hydrogen) atoms. The number of methoxy groups -OCH3 is 3. The fraction of sp³-hybridized carbons (Fsp3) is 0.625. The molecule has 1 rings (SSSR count). The van der Waals surface area contributed by atoms with Crippen LogP contribution in [0.2, 0.25) is 0 Å². The molecule has 0 bridgehead atoms. The highest BCUT2D eigenvalue weighted by Crippen LogP contribution is 2.39. The third-order valence-corrected chi connectivity index (χ3v) is 3.26. The Kier molecular flexibility index (Phi) is 7.32. The molecular weight excluding hydrogens is 270 g/mol. The van der Waals surface area contributed by atoms with E-state index >= 15 is 0 Å². The average Bonchev–Trinajstić information content (AvgIpc) is 2.48. The Labute approximate surface area is 127 Å². The summed E-state index contributed by atoms with van der Waals surface area (Å²) in [5.74, 6) is 1.89. The van der Waals surface area contributed by atoms with Crippen LogP contribution in [0.25, 0.3) is 0 Å². The predicted molar refractivity (Wildman–Crippen MR) is 83.5 cm³/mol. The lowest BCUT2D eigenvalue weighted by atomic mass is 10.0. The zero-order chi connectivity index (χ0) is 15.8. The Morgan fingerprint density at radius 3 is 2.10 bits per heavy atom. The molecule has 0 saturated carbocycles. The van der Waals surface area contributed by atoms with Crippen molar-refractivity contribution in [2.24, 2.45) is 5.73 Å². The number of hydrogen-bond donors (Lipinski definition) is 1. The standard InChI is InChI=1S/C16H27NO4/c1-6-13(17)7-12-8-14(19-4)16(15(9-12)20-5)21-11(2)10-18-3/h8-9,11,13H,6-7,10,17H2,1-5H3. The minimum absolute atomic E-state index is 0.0958. The fourth-order valence-electron chi connectivity index (χ4n) is 2.09. The second-order valence-corrected chi connectivity index (χ2v) is 5.09. The summed E-state index contributed by atoms with van der Waals surface area (Å²) in [5, 5.41) is 0. The van der Waals surface area contributed by atoms with Crippen molar-refractivity contribution in [1.82, 2.24) is 0 Å². The number of benzene rings is 1. The van der Waals surface area contributed by atoms with Gasteiger partial charge in [0.15, 0.2) is 11.5 Å². The first-order valence-corrected chi connectivity index (χ1v) is 7.21.